The number of hydrogen-bond donors (Lipinski definition) is 1. The van der Waals surface area contributed by atoms with Crippen molar-refractivity contribution < 1.29 is 18.0 Å². The number of hydrogen-bond acceptors (Lipinski definition) is 4. The first kappa shape index (κ1) is 17.5. The molecular formula is C16H15F3N4OS. The van der Waals surface area contributed by atoms with Crippen molar-refractivity contribution in [1.82, 2.24) is 19.7 Å². The molecule has 0 aliphatic heterocycles. The molecule has 0 aliphatic carbocycles. The third-order valence-electron chi connectivity index (χ3n) is 3.88. The summed E-state index contributed by atoms with van der Waals surface area (Å²) < 4.78 is 39.3. The van der Waals surface area contributed by atoms with Crippen molar-refractivity contribution in [2.75, 3.05) is 0 Å². The smallest absolute Gasteiger partial charge is 0.358 e. The fourth-order valence-electron chi connectivity index (χ4n) is 2.67. The number of rotatable bonds is 4. The number of nitrogens with zero attached hydrogens (tertiary/aromatic N) is 3. The number of nitrogens with one attached hydrogen (secondary N) is 1. The Kier molecular flexibility index (Phi) is 4.36. The lowest BCUT2D eigenvalue weighted by Crippen LogP contribution is -2.16. The number of H-pyrrole nitrogens is 1. The molecule has 1 aromatic carbocycles. The monoisotopic (exact) mass is 368 g/mol. The van der Waals surface area contributed by atoms with Crippen LogP contribution in [0.5, 0.6) is 0 Å². The molecule has 0 spiro atoms. The topological polar surface area (TPSA) is 63.6 Å². The number of carbonyl (C=O) groups excluding carboxylic acids is 1. The van der Waals surface area contributed by atoms with Gasteiger partial charge in [0.05, 0.1) is 5.25 Å². The number of para-hydroxylation sites is 1. The number of aromatic amines is 1. The van der Waals surface area contributed by atoms with Crippen LogP contribution in [0.3, 0.4) is 0 Å². The van der Waals surface area contributed by atoms with Crippen molar-refractivity contribution in [3.63, 3.8) is 0 Å². The number of benzene rings is 1. The second-order valence-corrected chi connectivity index (χ2v) is 6.97. The van der Waals surface area contributed by atoms with Crippen molar-refractivity contribution in [2.45, 2.75) is 30.4 Å². The summed E-state index contributed by atoms with van der Waals surface area (Å²) >= 11 is 0.957. The fraction of sp³-hybridized carbons (Fsp3) is 0.312. The van der Waals surface area contributed by atoms with Crippen molar-refractivity contribution in [1.29, 1.82) is 0 Å². The second kappa shape index (κ2) is 6.21. The van der Waals surface area contributed by atoms with E-state index < -0.39 is 17.3 Å². The quantitative estimate of drug-likeness (QED) is 0.559. The molecule has 1 N–H and O–H groups in total. The number of fused-ring (bicyclic) bond motifs is 1. The highest BCUT2D eigenvalue weighted by Gasteiger charge is 2.38. The zero-order valence-corrected chi connectivity index (χ0v) is 14.5. The maximum Gasteiger partial charge on any atom is 0.451 e. The molecule has 2 aromatic heterocycles. The Balaban J connectivity index is 1.89. The van der Waals surface area contributed by atoms with Gasteiger partial charge < -0.3 is 9.55 Å². The molecule has 0 bridgehead atoms. The van der Waals surface area contributed by atoms with E-state index in [-0.39, 0.29) is 10.9 Å². The summed E-state index contributed by atoms with van der Waals surface area (Å²) in [7, 11) is 1.24. The maximum atomic E-state index is 12.8. The fourth-order valence-corrected chi connectivity index (χ4v) is 3.55. The van der Waals surface area contributed by atoms with Gasteiger partial charge in [0.1, 0.15) is 0 Å². The van der Waals surface area contributed by atoms with Gasteiger partial charge in [-0.15, -0.1) is 10.2 Å². The summed E-state index contributed by atoms with van der Waals surface area (Å²) in [6.45, 7) is 3.45. The number of thioether (sulfide) groups is 1. The van der Waals surface area contributed by atoms with Crippen LogP contribution in [0.1, 0.15) is 28.8 Å². The minimum Gasteiger partial charge on any atom is -0.358 e. The molecule has 0 amide bonds. The number of ketones is 1. The molecule has 2 heterocycles. The molecule has 3 rings (SSSR count). The highest BCUT2D eigenvalue weighted by Crippen LogP contribution is 2.32. The number of aromatic nitrogens is 4. The van der Waals surface area contributed by atoms with Gasteiger partial charge in [-0.3, -0.25) is 4.79 Å². The van der Waals surface area contributed by atoms with Gasteiger partial charge in [-0.1, -0.05) is 30.0 Å². The standard InChI is InChI=1S/C16H15F3N4OS/c1-8-12(10-6-4-5-7-11(10)20-8)13(24)9(2)25-15-22-21-14(23(15)3)16(17,18)19/h4-7,9,20H,1-3H3. The van der Waals surface area contributed by atoms with Gasteiger partial charge in [0.2, 0.25) is 5.82 Å². The van der Waals surface area contributed by atoms with E-state index in [9.17, 15) is 18.0 Å². The van der Waals surface area contributed by atoms with Gasteiger partial charge in [0.25, 0.3) is 0 Å². The van der Waals surface area contributed by atoms with E-state index in [0.717, 1.165) is 32.9 Å². The lowest BCUT2D eigenvalue weighted by molar-refractivity contribution is -0.147. The Labute approximate surface area is 145 Å². The zero-order chi connectivity index (χ0) is 18.4. The predicted octanol–water partition coefficient (Wildman–Crippen LogP) is 3.99. The Morgan fingerprint density at radius 2 is 1.96 bits per heavy atom. The minimum absolute atomic E-state index is 0.0469. The second-order valence-electron chi connectivity index (χ2n) is 5.66. The summed E-state index contributed by atoms with van der Waals surface area (Å²) in [6, 6.07) is 7.41. The number of alkyl halides is 3. The molecule has 3 aromatic rings. The summed E-state index contributed by atoms with van der Waals surface area (Å²) in [5.74, 6) is -1.26. The van der Waals surface area contributed by atoms with Gasteiger partial charge in [-0.05, 0) is 19.9 Å². The Hall–Kier alpha value is -2.29. The third-order valence-corrected chi connectivity index (χ3v) is 5.01. The molecule has 9 heteroatoms. The summed E-state index contributed by atoms with van der Waals surface area (Å²) in [5.41, 5.74) is 2.12. The molecule has 0 radical (unpaired) electrons. The largest absolute Gasteiger partial charge is 0.451 e. The van der Waals surface area contributed by atoms with E-state index >= 15 is 0 Å². The molecule has 0 saturated carbocycles. The third kappa shape index (κ3) is 3.15. The lowest BCUT2D eigenvalue weighted by Gasteiger charge is -2.11. The van der Waals surface area contributed by atoms with Gasteiger partial charge in [0.15, 0.2) is 10.9 Å². The molecule has 25 heavy (non-hydrogen) atoms. The van der Waals surface area contributed by atoms with Crippen LogP contribution >= 0.6 is 11.8 Å². The van der Waals surface area contributed by atoms with Crippen molar-refractivity contribution in [2.24, 2.45) is 7.05 Å². The average Bonchev–Trinajstić information content (AvgIpc) is 3.06. The molecule has 1 atom stereocenters. The molecule has 0 aliphatic rings. The van der Waals surface area contributed by atoms with E-state index in [1.54, 1.807) is 13.8 Å². The molecular weight excluding hydrogens is 353 g/mol. The Bertz CT molecular complexity index is 945. The maximum absolute atomic E-state index is 12.8. The molecule has 0 fully saturated rings. The van der Waals surface area contributed by atoms with Crippen LogP contribution in [0.4, 0.5) is 13.2 Å². The summed E-state index contributed by atoms with van der Waals surface area (Å²) in [5, 5.41) is 6.98. The van der Waals surface area contributed by atoms with Crippen LogP contribution in [0.25, 0.3) is 10.9 Å². The normalized spacial score (nSPS) is 13.4. The molecule has 0 saturated heterocycles. The SMILES string of the molecule is Cc1[nH]c2ccccc2c1C(=O)C(C)Sc1nnc(C(F)(F)F)n1C. The Morgan fingerprint density at radius 3 is 2.60 bits per heavy atom. The number of carbonyl (C=O) groups is 1. The highest BCUT2D eigenvalue weighted by atomic mass is 32.2. The van der Waals surface area contributed by atoms with E-state index in [4.69, 9.17) is 0 Å². The van der Waals surface area contributed by atoms with Crippen LogP contribution < -0.4 is 0 Å². The van der Waals surface area contributed by atoms with Gasteiger partial charge in [-0.25, -0.2) is 0 Å². The molecule has 1 unspecified atom stereocenters. The van der Waals surface area contributed by atoms with Gasteiger partial charge in [-0.2, -0.15) is 13.2 Å². The van der Waals surface area contributed by atoms with Crippen LogP contribution in [0, 0.1) is 6.92 Å². The van der Waals surface area contributed by atoms with Crippen LogP contribution in [-0.2, 0) is 13.2 Å². The van der Waals surface area contributed by atoms with Crippen LogP contribution in [0.15, 0.2) is 29.4 Å². The molecule has 5 nitrogen and oxygen atoms in total. The number of Topliss-reactive ketones (excluding diaryl/α,β-unsaturated/α-hetero) is 1. The molecule has 132 valence electrons. The Morgan fingerprint density at radius 1 is 1.28 bits per heavy atom. The number of aryl methyl sites for hydroxylation is 1. The minimum atomic E-state index is -4.58. The highest BCUT2D eigenvalue weighted by molar-refractivity contribution is 8.00. The first-order chi connectivity index (χ1) is 11.7. The number of halogens is 3. The first-order valence-electron chi connectivity index (χ1n) is 7.45. The van der Waals surface area contributed by atoms with Crippen LogP contribution in [0.2, 0.25) is 0 Å². The van der Waals surface area contributed by atoms with E-state index in [0.29, 0.717) is 5.56 Å². The van der Waals surface area contributed by atoms with E-state index in [1.165, 1.54) is 7.05 Å². The van der Waals surface area contributed by atoms with Gasteiger partial charge >= 0.3 is 6.18 Å². The van der Waals surface area contributed by atoms with Crippen LogP contribution in [-0.4, -0.2) is 30.8 Å². The van der Waals surface area contributed by atoms with E-state index in [1.807, 2.05) is 24.3 Å². The first-order valence-corrected chi connectivity index (χ1v) is 8.33. The summed E-state index contributed by atoms with van der Waals surface area (Å²) in [6.07, 6.45) is -4.58. The van der Waals surface area contributed by atoms with Gasteiger partial charge in [0, 0.05) is 29.2 Å². The van der Waals surface area contributed by atoms with Crippen molar-refractivity contribution in [3.05, 3.63) is 41.3 Å². The average molecular weight is 368 g/mol. The van der Waals surface area contributed by atoms with E-state index in [2.05, 4.69) is 15.2 Å². The zero-order valence-electron chi connectivity index (χ0n) is 13.7. The predicted molar refractivity (Wildman–Crippen MR) is 88.7 cm³/mol. The van der Waals surface area contributed by atoms with Crippen molar-refractivity contribution in [3.8, 4) is 0 Å². The lowest BCUT2D eigenvalue weighted by atomic mass is 10.1. The summed E-state index contributed by atoms with van der Waals surface area (Å²) in [4.78, 5) is 16.0. The van der Waals surface area contributed by atoms with Crippen molar-refractivity contribution >= 4 is 28.4 Å².